The van der Waals surface area contributed by atoms with E-state index < -0.39 is 17.0 Å². The zero-order valence-corrected chi connectivity index (χ0v) is 17.7. The van der Waals surface area contributed by atoms with E-state index in [9.17, 15) is 14.9 Å². The lowest BCUT2D eigenvalue weighted by Crippen LogP contribution is -2.06. The Morgan fingerprint density at radius 1 is 1.06 bits per heavy atom. The summed E-state index contributed by atoms with van der Waals surface area (Å²) in [4.78, 5) is 24.5. The molecule has 0 bridgehead atoms. The summed E-state index contributed by atoms with van der Waals surface area (Å²) < 4.78 is 10.9. The van der Waals surface area contributed by atoms with E-state index in [1.807, 2.05) is 42.5 Å². The van der Waals surface area contributed by atoms with Crippen LogP contribution in [0.5, 0.6) is 0 Å². The Morgan fingerprint density at radius 3 is 2.53 bits per heavy atom. The summed E-state index contributed by atoms with van der Waals surface area (Å²) in [5.74, 6) is -0.231. The van der Waals surface area contributed by atoms with Gasteiger partial charge in [0.05, 0.1) is 4.92 Å². The standard InChI is InChI=1S/C23H17N3O5S/c1-15(22-24-25-23(31-22)17-7-9-18(10-8-17)26(28)29)30-21(27)14-12-19-11-13-20(32-19)16-5-3-2-4-6-16/h2-15H,1H3/b14-12+. The number of rotatable bonds is 7. The van der Waals surface area contributed by atoms with Gasteiger partial charge < -0.3 is 9.15 Å². The van der Waals surface area contributed by atoms with Crippen molar-refractivity contribution in [1.29, 1.82) is 0 Å². The Balaban J connectivity index is 1.37. The molecule has 0 aliphatic rings. The molecular formula is C23H17N3O5S. The minimum absolute atomic E-state index is 0.0378. The molecule has 0 aliphatic carbocycles. The minimum atomic E-state index is -0.755. The highest BCUT2D eigenvalue weighted by molar-refractivity contribution is 7.16. The molecule has 1 unspecified atom stereocenters. The Hall–Kier alpha value is -4.11. The van der Waals surface area contributed by atoms with Crippen LogP contribution in [0.4, 0.5) is 5.69 Å². The Kier molecular flexibility index (Phi) is 6.18. The number of aromatic nitrogens is 2. The summed E-state index contributed by atoms with van der Waals surface area (Å²) in [6, 6.07) is 19.7. The van der Waals surface area contributed by atoms with Crippen LogP contribution in [-0.4, -0.2) is 21.1 Å². The first-order chi connectivity index (χ1) is 15.5. The van der Waals surface area contributed by atoms with Crippen LogP contribution < -0.4 is 0 Å². The zero-order chi connectivity index (χ0) is 22.5. The predicted molar refractivity (Wildman–Crippen MR) is 120 cm³/mol. The number of nitrogens with zero attached hydrogens (tertiary/aromatic N) is 3. The maximum absolute atomic E-state index is 12.2. The molecule has 160 valence electrons. The molecule has 4 aromatic rings. The van der Waals surface area contributed by atoms with Gasteiger partial charge >= 0.3 is 5.97 Å². The number of non-ortho nitro benzene ring substituents is 1. The van der Waals surface area contributed by atoms with Gasteiger partial charge in [0.1, 0.15) is 0 Å². The van der Waals surface area contributed by atoms with Gasteiger partial charge in [-0.1, -0.05) is 30.3 Å². The predicted octanol–water partition coefficient (Wildman–Crippen LogP) is 5.69. The van der Waals surface area contributed by atoms with Crippen LogP contribution >= 0.6 is 11.3 Å². The monoisotopic (exact) mass is 447 g/mol. The minimum Gasteiger partial charge on any atom is -0.449 e. The van der Waals surface area contributed by atoms with Crippen molar-refractivity contribution in [2.75, 3.05) is 0 Å². The molecule has 2 aromatic carbocycles. The molecule has 0 saturated heterocycles. The molecule has 2 heterocycles. The number of benzene rings is 2. The lowest BCUT2D eigenvalue weighted by molar-refractivity contribution is -0.384. The SMILES string of the molecule is CC(OC(=O)/C=C/c1ccc(-c2ccccc2)s1)c1nnc(-c2ccc([N+](=O)[O-])cc2)o1. The third-order valence-electron chi connectivity index (χ3n) is 4.48. The third kappa shape index (κ3) is 4.96. The Labute approximate surface area is 187 Å². The molecule has 2 aromatic heterocycles. The van der Waals surface area contributed by atoms with E-state index in [1.54, 1.807) is 24.3 Å². The molecule has 0 saturated carbocycles. The van der Waals surface area contributed by atoms with Crippen LogP contribution in [0.2, 0.25) is 0 Å². The van der Waals surface area contributed by atoms with Crippen LogP contribution in [0.15, 0.2) is 77.2 Å². The van der Waals surface area contributed by atoms with Gasteiger partial charge in [-0.05, 0) is 42.8 Å². The van der Waals surface area contributed by atoms with Crippen molar-refractivity contribution in [3.63, 3.8) is 0 Å². The molecule has 0 aliphatic heterocycles. The van der Waals surface area contributed by atoms with Crippen molar-refractivity contribution in [2.45, 2.75) is 13.0 Å². The molecule has 8 nitrogen and oxygen atoms in total. The van der Waals surface area contributed by atoms with Crippen molar-refractivity contribution in [2.24, 2.45) is 0 Å². The number of nitro groups is 1. The van der Waals surface area contributed by atoms with Gasteiger partial charge in [-0.3, -0.25) is 10.1 Å². The molecule has 4 rings (SSSR count). The van der Waals surface area contributed by atoms with Crippen LogP contribution in [0.25, 0.3) is 28.0 Å². The van der Waals surface area contributed by atoms with E-state index in [4.69, 9.17) is 9.15 Å². The molecule has 0 fully saturated rings. The van der Waals surface area contributed by atoms with Crippen molar-refractivity contribution in [3.8, 4) is 21.9 Å². The van der Waals surface area contributed by atoms with Gasteiger partial charge in [-0.25, -0.2) is 4.79 Å². The first-order valence-electron chi connectivity index (χ1n) is 9.62. The largest absolute Gasteiger partial charge is 0.449 e. The van der Waals surface area contributed by atoms with Gasteiger partial charge in [0.2, 0.25) is 5.89 Å². The number of hydrogen-bond donors (Lipinski definition) is 0. The Bertz CT molecular complexity index is 1260. The van der Waals surface area contributed by atoms with Crippen LogP contribution in [0.3, 0.4) is 0 Å². The number of nitro benzene ring substituents is 1. The number of esters is 1. The molecule has 0 spiro atoms. The highest BCUT2D eigenvalue weighted by Crippen LogP contribution is 2.29. The zero-order valence-electron chi connectivity index (χ0n) is 16.9. The molecule has 0 radical (unpaired) electrons. The quantitative estimate of drug-likeness (QED) is 0.155. The van der Waals surface area contributed by atoms with Crippen molar-refractivity contribution in [1.82, 2.24) is 10.2 Å². The number of hydrogen-bond acceptors (Lipinski definition) is 8. The van der Waals surface area contributed by atoms with Crippen LogP contribution in [-0.2, 0) is 9.53 Å². The van der Waals surface area contributed by atoms with Crippen molar-refractivity contribution in [3.05, 3.63) is 93.7 Å². The molecule has 0 amide bonds. The topological polar surface area (TPSA) is 108 Å². The first kappa shape index (κ1) is 21.1. The van der Waals surface area contributed by atoms with Gasteiger partial charge in [0.25, 0.3) is 11.6 Å². The van der Waals surface area contributed by atoms with E-state index >= 15 is 0 Å². The number of ether oxygens (including phenoxy) is 1. The summed E-state index contributed by atoms with van der Waals surface area (Å²) in [6.07, 6.45) is 2.29. The van der Waals surface area contributed by atoms with Crippen LogP contribution in [0.1, 0.15) is 23.8 Å². The average Bonchev–Trinajstić information content (AvgIpc) is 3.49. The van der Waals surface area contributed by atoms with Crippen molar-refractivity contribution < 1.29 is 18.9 Å². The van der Waals surface area contributed by atoms with E-state index in [0.717, 1.165) is 15.3 Å². The highest BCUT2D eigenvalue weighted by Gasteiger charge is 2.18. The highest BCUT2D eigenvalue weighted by atomic mass is 32.1. The molecular weight excluding hydrogens is 430 g/mol. The maximum atomic E-state index is 12.2. The normalized spacial score (nSPS) is 12.0. The second-order valence-electron chi connectivity index (χ2n) is 6.73. The maximum Gasteiger partial charge on any atom is 0.331 e. The molecule has 32 heavy (non-hydrogen) atoms. The third-order valence-corrected chi connectivity index (χ3v) is 5.57. The summed E-state index contributed by atoms with van der Waals surface area (Å²) in [7, 11) is 0. The summed E-state index contributed by atoms with van der Waals surface area (Å²) in [5.41, 5.74) is 1.61. The molecule has 0 N–H and O–H groups in total. The van der Waals surface area contributed by atoms with Gasteiger partial charge in [0, 0.05) is 33.5 Å². The van der Waals surface area contributed by atoms with E-state index in [2.05, 4.69) is 10.2 Å². The van der Waals surface area contributed by atoms with E-state index in [1.165, 1.54) is 30.3 Å². The number of thiophene rings is 1. The number of carbonyl (C=O) groups excluding carboxylic acids is 1. The molecule has 9 heteroatoms. The number of carbonyl (C=O) groups is 1. The van der Waals surface area contributed by atoms with E-state index in [-0.39, 0.29) is 17.5 Å². The summed E-state index contributed by atoms with van der Waals surface area (Å²) in [5, 5.41) is 18.6. The Morgan fingerprint density at radius 2 is 1.81 bits per heavy atom. The smallest absolute Gasteiger partial charge is 0.331 e. The van der Waals surface area contributed by atoms with Crippen LogP contribution in [0, 0.1) is 10.1 Å². The summed E-state index contributed by atoms with van der Waals surface area (Å²) in [6.45, 7) is 1.62. The second kappa shape index (κ2) is 9.36. The summed E-state index contributed by atoms with van der Waals surface area (Å²) >= 11 is 1.57. The van der Waals surface area contributed by atoms with Crippen molar-refractivity contribution >= 4 is 29.1 Å². The lowest BCUT2D eigenvalue weighted by Gasteiger charge is -2.06. The second-order valence-corrected chi connectivity index (χ2v) is 7.85. The fraction of sp³-hybridized carbons (Fsp3) is 0.0870. The van der Waals surface area contributed by atoms with E-state index in [0.29, 0.717) is 5.56 Å². The fourth-order valence-corrected chi connectivity index (χ4v) is 3.77. The fourth-order valence-electron chi connectivity index (χ4n) is 2.86. The first-order valence-corrected chi connectivity index (χ1v) is 10.4. The molecule has 1 atom stereocenters. The van der Waals surface area contributed by atoms with Gasteiger partial charge in [-0.2, -0.15) is 0 Å². The van der Waals surface area contributed by atoms with Gasteiger partial charge in [0.15, 0.2) is 6.10 Å². The van der Waals surface area contributed by atoms with Gasteiger partial charge in [-0.15, -0.1) is 21.5 Å². The lowest BCUT2D eigenvalue weighted by atomic mass is 10.2. The average molecular weight is 447 g/mol.